The summed E-state index contributed by atoms with van der Waals surface area (Å²) in [5, 5.41) is 19.2. The number of aromatic nitrogens is 8. The van der Waals surface area contributed by atoms with Gasteiger partial charge < -0.3 is 0 Å². The molecule has 0 N–H and O–H groups in total. The van der Waals surface area contributed by atoms with Gasteiger partial charge in [-0.05, 0) is 105 Å². The first-order valence-corrected chi connectivity index (χ1v) is 40.0. The number of thiophene rings is 3. The molecule has 0 saturated carbocycles. The van der Waals surface area contributed by atoms with E-state index >= 15 is 0 Å². The first-order valence-electron chi connectivity index (χ1n) is 35.2. The number of benzene rings is 15. The van der Waals surface area contributed by atoms with Gasteiger partial charge in [0.1, 0.15) is 14.8 Å². The number of halogens is 4. The summed E-state index contributed by atoms with van der Waals surface area (Å²) in [7, 11) is 0. The van der Waals surface area contributed by atoms with Gasteiger partial charge in [0.25, 0.3) is 0 Å². The molecule has 7 aromatic heterocycles. The molecule has 22 aromatic rings. The van der Waals surface area contributed by atoms with E-state index in [2.05, 4.69) is 296 Å². The largest absolute Gasteiger partial charge is 0.227 e. The van der Waals surface area contributed by atoms with Crippen molar-refractivity contribution in [1.82, 2.24) is 39.9 Å². The molecule has 0 bridgehead atoms. The molecule has 0 amide bonds. The number of rotatable bonds is 6. The van der Waals surface area contributed by atoms with E-state index in [9.17, 15) is 0 Å². The van der Waals surface area contributed by atoms with Crippen LogP contribution in [0.4, 0.5) is 0 Å². The van der Waals surface area contributed by atoms with E-state index in [1.807, 2.05) is 90.2 Å². The molecule has 0 radical (unpaired) electrons. The van der Waals surface area contributed by atoms with E-state index in [0.29, 0.717) is 11.0 Å². The van der Waals surface area contributed by atoms with Crippen LogP contribution < -0.4 is 0 Å². The van der Waals surface area contributed by atoms with Crippen molar-refractivity contribution < 1.29 is 0 Å². The monoisotopic (exact) mass is 1620 g/mol. The van der Waals surface area contributed by atoms with Crippen molar-refractivity contribution in [2.75, 3.05) is 0 Å². The molecule has 0 fully saturated rings. The quantitative estimate of drug-likeness (QED) is 0.0921. The Morgan fingerprint density at radius 2 is 0.697 bits per heavy atom. The van der Waals surface area contributed by atoms with Crippen LogP contribution in [0.15, 0.2) is 337 Å². The predicted octanol–water partition coefficient (Wildman–Crippen LogP) is 28.8. The lowest BCUT2D eigenvalue weighted by Gasteiger charge is -2.13. The molecular weight excluding hydrogens is 1570 g/mol. The smallest absolute Gasteiger partial charge is 0.223 e. The van der Waals surface area contributed by atoms with Crippen LogP contribution in [0.5, 0.6) is 0 Å². The average Bonchev–Trinajstić information content (AvgIpc) is 1.72. The maximum atomic E-state index is 6.51. The first kappa shape index (κ1) is 67.9. The second-order valence-corrected chi connectivity index (χ2v) is 31.8. The van der Waals surface area contributed by atoms with Gasteiger partial charge in [-0.3, -0.25) is 0 Å². The molecule has 109 heavy (non-hydrogen) atoms. The fourth-order valence-electron chi connectivity index (χ4n) is 14.4. The normalized spacial score (nSPS) is 11.5. The molecule has 0 aliphatic carbocycles. The van der Waals surface area contributed by atoms with Gasteiger partial charge in [0.2, 0.25) is 5.28 Å². The highest BCUT2D eigenvalue weighted by molar-refractivity contribution is 9.10. The summed E-state index contributed by atoms with van der Waals surface area (Å²) in [6, 6.07) is 113. The zero-order valence-electron chi connectivity index (χ0n) is 57.5. The van der Waals surface area contributed by atoms with Gasteiger partial charge in [0.15, 0.2) is 17.5 Å². The van der Waals surface area contributed by atoms with Crippen molar-refractivity contribution in [3.05, 3.63) is 347 Å². The molecule has 0 aliphatic rings. The number of nitrogens with zero attached hydrogens (tertiary/aromatic N) is 8. The van der Waals surface area contributed by atoms with Crippen LogP contribution in [-0.2, 0) is 0 Å². The maximum Gasteiger partial charge on any atom is 0.223 e. The van der Waals surface area contributed by atoms with E-state index < -0.39 is 0 Å². The van der Waals surface area contributed by atoms with Crippen LogP contribution in [0.3, 0.4) is 0 Å². The molecule has 15 aromatic carbocycles. The van der Waals surface area contributed by atoms with E-state index in [1.165, 1.54) is 61.9 Å². The predicted molar refractivity (Wildman–Crippen MR) is 470 cm³/mol. The molecule has 516 valence electrons. The van der Waals surface area contributed by atoms with Crippen LogP contribution in [0.2, 0.25) is 10.4 Å². The molecule has 15 heteroatoms. The zero-order chi connectivity index (χ0) is 73.1. The minimum atomic E-state index is 0.270. The van der Waals surface area contributed by atoms with Gasteiger partial charge in [0, 0.05) is 110 Å². The Kier molecular flexibility index (Phi) is 18.2. The highest BCUT2D eigenvalue weighted by Gasteiger charge is 2.21. The summed E-state index contributed by atoms with van der Waals surface area (Å²) in [5.41, 5.74) is 11.0. The minimum Gasteiger partial charge on any atom is -0.227 e. The van der Waals surface area contributed by atoms with Crippen molar-refractivity contribution in [2.45, 2.75) is 0 Å². The van der Waals surface area contributed by atoms with Gasteiger partial charge in [0.05, 0.1) is 33.5 Å². The maximum absolute atomic E-state index is 6.51. The van der Waals surface area contributed by atoms with Crippen LogP contribution in [-0.4, -0.2) is 39.9 Å². The zero-order valence-corrected chi connectivity index (χ0v) is 64.6. The molecule has 0 unspecified atom stereocenters. The highest BCUT2D eigenvalue weighted by atomic mass is 79.9. The van der Waals surface area contributed by atoms with Gasteiger partial charge in [-0.25, -0.2) is 39.9 Å². The lowest BCUT2D eigenvalue weighted by Crippen LogP contribution is -1.96. The van der Waals surface area contributed by atoms with Crippen LogP contribution in [0.1, 0.15) is 0 Å². The fraction of sp³-hybridized carbons (Fsp3) is 0. The summed E-state index contributed by atoms with van der Waals surface area (Å²) in [5.74, 6) is 2.19. The van der Waals surface area contributed by atoms with Gasteiger partial charge in [-0.2, -0.15) is 0 Å². The Bertz CT molecular complexity index is 7310. The van der Waals surface area contributed by atoms with E-state index in [-0.39, 0.29) is 5.28 Å². The fourth-order valence-corrected chi connectivity index (χ4v) is 18.8. The Labute approximate surface area is 663 Å². The summed E-state index contributed by atoms with van der Waals surface area (Å²) in [6.07, 6.45) is 0. The molecule has 0 aliphatic heterocycles. The third-order valence-corrected chi connectivity index (χ3v) is 24.2. The van der Waals surface area contributed by atoms with Crippen LogP contribution in [0, 0.1) is 0 Å². The number of hydrogen-bond donors (Lipinski definition) is 0. The van der Waals surface area contributed by atoms with Crippen LogP contribution >= 0.6 is 89.1 Å². The molecule has 0 saturated heterocycles. The van der Waals surface area contributed by atoms with Crippen molar-refractivity contribution in [3.8, 4) is 67.9 Å². The molecule has 22 rings (SSSR count). The molecule has 7 heterocycles. The van der Waals surface area contributed by atoms with Crippen LogP contribution in [0.25, 0.3) is 194 Å². The third-order valence-electron chi connectivity index (χ3n) is 19.5. The summed E-state index contributed by atoms with van der Waals surface area (Å²) in [4.78, 5) is 40.6. The first-order chi connectivity index (χ1) is 53.7. The van der Waals surface area contributed by atoms with E-state index in [1.54, 1.807) is 22.7 Å². The SMILES string of the molecule is Brc1ccc(-c2nc(-c3ccccc3)nc3sc4ccccc4c23)cc1.Brc1ccc2sc3cc(-c4nc(-c5ccccc5)c5ccc6ccccc6c5n4)ccc3c2c1.Clc1nc(-c2ccc3ccccc3c2)nc2sc3ccccc3c12.Clc1nc(-c2ccccc2)c2c3ccccc3c3ccccc3c2n1. The second-order valence-electron chi connectivity index (χ2n) is 26.1. The van der Waals surface area contributed by atoms with Crippen molar-refractivity contribution in [3.63, 3.8) is 0 Å². The van der Waals surface area contributed by atoms with Crippen molar-refractivity contribution in [2.24, 2.45) is 0 Å². The van der Waals surface area contributed by atoms with Crippen molar-refractivity contribution >= 4 is 215 Å². The third kappa shape index (κ3) is 13.1. The van der Waals surface area contributed by atoms with Crippen molar-refractivity contribution in [1.29, 1.82) is 0 Å². The summed E-state index contributed by atoms with van der Waals surface area (Å²) >= 11 is 25.1. The Hall–Kier alpha value is -11.6. The molecule has 0 atom stereocenters. The molecule has 8 nitrogen and oxygen atoms in total. The highest BCUT2D eigenvalue weighted by Crippen LogP contribution is 2.44. The lowest BCUT2D eigenvalue weighted by atomic mass is 9.94. The minimum absolute atomic E-state index is 0.270. The Morgan fingerprint density at radius 3 is 1.40 bits per heavy atom. The lowest BCUT2D eigenvalue weighted by molar-refractivity contribution is 1.23. The molecular formula is C94H54Br2Cl2N8S3. The van der Waals surface area contributed by atoms with Gasteiger partial charge in [-0.15, -0.1) is 34.0 Å². The number of hydrogen-bond acceptors (Lipinski definition) is 11. The van der Waals surface area contributed by atoms with Gasteiger partial charge in [-0.1, -0.05) is 310 Å². The average molecular weight is 1620 g/mol. The Morgan fingerprint density at radius 1 is 0.229 bits per heavy atom. The summed E-state index contributed by atoms with van der Waals surface area (Å²) < 4.78 is 7.10. The van der Waals surface area contributed by atoms with E-state index in [0.717, 1.165) is 135 Å². The topological polar surface area (TPSA) is 103 Å². The standard InChI is InChI=1S/C30H17BrN2S.C22H13BrN2S.C22H13ClN2.C20H11ClN2S/c31-21-12-15-26-25(17-21)23-13-11-20(16-27(23)34-26)30-32-28(19-7-2-1-3-8-19)24-14-10-18-6-4-5-9-22(18)29(24)33-30;23-16-12-10-14(11-13-16)20-19-17-8-4-5-9-18(17)26-22(19)25-21(24-20)15-6-2-1-3-7-15;23-22-24-20(14-8-2-1-3-9-14)19-17-12-6-4-10-15(17)16-11-5-7-13-18(16)21(19)25-22;21-18-17-15-7-3-4-8-16(15)24-20(17)23-19(22-18)14-10-9-12-5-1-2-6-13(12)11-14/h1-17H;1-13H;1-13H;1-11H. The van der Waals surface area contributed by atoms with E-state index in [4.69, 9.17) is 48.1 Å². The summed E-state index contributed by atoms with van der Waals surface area (Å²) in [6.45, 7) is 0. The molecule has 0 spiro atoms. The second kappa shape index (κ2) is 29.2. The Balaban J connectivity index is 0.0000000997. The number of fused-ring (bicyclic) bond motifs is 19. The van der Waals surface area contributed by atoms with Gasteiger partial charge >= 0.3 is 0 Å².